The van der Waals surface area contributed by atoms with Crippen molar-refractivity contribution in [3.8, 4) is 0 Å². The van der Waals surface area contributed by atoms with Crippen LogP contribution in [0.3, 0.4) is 0 Å². The summed E-state index contributed by atoms with van der Waals surface area (Å²) in [6.07, 6.45) is 0.0250. The largest absolute Gasteiger partial charge is 0.674 e. The Morgan fingerprint density at radius 1 is 1.54 bits per heavy atom. The number of rotatable bonds is 4. The zero-order chi connectivity index (χ0) is 16.4. The topological polar surface area (TPSA) is 124 Å². The molecule has 1 aliphatic heterocycles. The number of amides is 2. The molecular formula is C13H12AcFN6O3-. The number of benzene rings is 1. The van der Waals surface area contributed by atoms with E-state index < -0.39 is 23.9 Å². The van der Waals surface area contributed by atoms with Gasteiger partial charge >= 0.3 is 6.09 Å². The molecule has 3 N–H and O–H groups in total. The van der Waals surface area contributed by atoms with E-state index >= 15 is 0 Å². The molecule has 1 aliphatic rings. The fourth-order valence-corrected chi connectivity index (χ4v) is 2.14. The molecule has 1 atom stereocenters. The van der Waals surface area contributed by atoms with Crippen LogP contribution in [0.5, 0.6) is 0 Å². The molecule has 9 nitrogen and oxygen atoms in total. The number of ether oxygens (including phenoxy) is 1. The average Bonchev–Trinajstić information content (AvgIpc) is 3.16. The normalized spacial score (nSPS) is 16.5. The van der Waals surface area contributed by atoms with Gasteiger partial charge in [0.1, 0.15) is 18.2 Å². The standard InChI is InChI=1S/C13H12FN6O3.Ac/c14-10-3-7(20-5-8(4-15)23-13(20)22)1-2-9(10)11(21)18-12-16-6-17-19-12;/h1-3,6,8,15H,4-5H2,(H2,16,17,18,19,21);/q-1;/t8-;/m0./s1. The van der Waals surface area contributed by atoms with Crippen molar-refractivity contribution in [1.29, 1.82) is 0 Å². The molecule has 1 saturated heterocycles. The number of aromatic amines is 1. The van der Waals surface area contributed by atoms with Crippen LogP contribution in [-0.4, -0.2) is 46.4 Å². The zero-order valence-electron chi connectivity index (χ0n) is 12.3. The molecule has 0 unspecified atom stereocenters. The van der Waals surface area contributed by atoms with Crippen LogP contribution in [0.15, 0.2) is 24.5 Å². The van der Waals surface area contributed by atoms with Crippen molar-refractivity contribution in [2.75, 3.05) is 23.3 Å². The predicted molar refractivity (Wildman–Crippen MR) is 77.5 cm³/mol. The van der Waals surface area contributed by atoms with E-state index in [2.05, 4.69) is 20.5 Å². The van der Waals surface area contributed by atoms with E-state index in [0.29, 0.717) is 0 Å². The van der Waals surface area contributed by atoms with Crippen LogP contribution in [0.2, 0.25) is 0 Å². The maximum atomic E-state index is 14.2. The first-order valence-corrected chi connectivity index (χ1v) is 6.67. The number of nitrogens with one attached hydrogen (secondary N) is 3. The van der Waals surface area contributed by atoms with Crippen LogP contribution < -0.4 is 10.2 Å². The number of H-pyrrole nitrogens is 1. The molecule has 0 spiro atoms. The third-order valence-electron chi connectivity index (χ3n) is 3.26. The quantitative estimate of drug-likeness (QED) is 0.603. The Kier molecular flexibility index (Phi) is 6.26. The van der Waals surface area contributed by atoms with Gasteiger partial charge in [-0.2, -0.15) is 10.1 Å². The van der Waals surface area contributed by atoms with Crippen LogP contribution in [-0.2, 0) is 4.74 Å². The van der Waals surface area contributed by atoms with Gasteiger partial charge in [-0.1, -0.05) is 0 Å². The van der Waals surface area contributed by atoms with Crippen LogP contribution in [0, 0.1) is 49.9 Å². The molecule has 0 saturated carbocycles. The van der Waals surface area contributed by atoms with Gasteiger partial charge in [0.25, 0.3) is 5.91 Å². The summed E-state index contributed by atoms with van der Waals surface area (Å²) < 4.78 is 19.1. The summed E-state index contributed by atoms with van der Waals surface area (Å²) in [4.78, 5) is 28.6. The number of aromatic nitrogens is 3. The fourth-order valence-electron chi connectivity index (χ4n) is 2.14. The van der Waals surface area contributed by atoms with Crippen molar-refractivity contribution in [1.82, 2.24) is 15.2 Å². The number of halogens is 1. The second-order valence-electron chi connectivity index (χ2n) is 4.77. The Balaban J connectivity index is 0.00000208. The summed E-state index contributed by atoms with van der Waals surface area (Å²) in [6, 6.07) is 3.77. The van der Waals surface area contributed by atoms with Crippen molar-refractivity contribution in [3.05, 3.63) is 41.6 Å². The van der Waals surface area contributed by atoms with Gasteiger partial charge < -0.3 is 10.5 Å². The van der Waals surface area contributed by atoms with Gasteiger partial charge in [0, 0.05) is 44.1 Å². The second-order valence-corrected chi connectivity index (χ2v) is 4.77. The molecule has 2 heterocycles. The van der Waals surface area contributed by atoms with Crippen LogP contribution >= 0.6 is 0 Å². The van der Waals surface area contributed by atoms with Crippen molar-refractivity contribution < 1.29 is 62.8 Å². The number of hydrogen-bond donors (Lipinski definition) is 2. The minimum absolute atomic E-state index is 0. The maximum absolute atomic E-state index is 14.2. The van der Waals surface area contributed by atoms with Gasteiger partial charge in [0.05, 0.1) is 17.8 Å². The zero-order valence-corrected chi connectivity index (χ0v) is 17.1. The van der Waals surface area contributed by atoms with Gasteiger partial charge in [0.2, 0.25) is 5.95 Å². The van der Waals surface area contributed by atoms with E-state index in [9.17, 15) is 14.0 Å². The Morgan fingerprint density at radius 2 is 2.33 bits per heavy atom. The molecule has 1 radical (unpaired) electrons. The predicted octanol–water partition coefficient (Wildman–Crippen LogP) is 1.57. The SMILES string of the molecule is [Ac].[NH-]C[C@H]1CN(c2ccc(C(=O)Nc3ncn[nH]3)c(F)c2)C(=O)O1. The van der Waals surface area contributed by atoms with Crippen molar-refractivity contribution >= 4 is 23.6 Å². The van der Waals surface area contributed by atoms with Crippen molar-refractivity contribution in [2.24, 2.45) is 0 Å². The van der Waals surface area contributed by atoms with Gasteiger partial charge in [-0.05, 0) is 18.2 Å². The molecule has 0 aliphatic carbocycles. The summed E-state index contributed by atoms with van der Waals surface area (Å²) in [6.45, 7) is 0.105. The molecule has 0 bridgehead atoms. The first-order chi connectivity index (χ1) is 11.1. The fraction of sp³-hybridized carbons (Fsp3) is 0.231. The van der Waals surface area contributed by atoms with Gasteiger partial charge in [-0.15, -0.1) is 6.54 Å². The molecule has 3 rings (SSSR count). The molecule has 1 fully saturated rings. The number of carbonyl (C=O) groups is 2. The minimum atomic E-state index is -0.790. The number of anilines is 2. The maximum Gasteiger partial charge on any atom is 0.414 e. The van der Waals surface area contributed by atoms with Gasteiger partial charge in [-0.3, -0.25) is 15.0 Å². The van der Waals surface area contributed by atoms with Crippen LogP contribution in [0.1, 0.15) is 10.4 Å². The number of nitrogens with zero attached hydrogens (tertiary/aromatic N) is 3. The first-order valence-electron chi connectivity index (χ1n) is 6.67. The first kappa shape index (κ1) is 18.8. The monoisotopic (exact) mass is 546 g/mol. The summed E-state index contributed by atoms with van der Waals surface area (Å²) >= 11 is 0. The van der Waals surface area contributed by atoms with E-state index in [0.717, 1.165) is 6.07 Å². The minimum Gasteiger partial charge on any atom is -0.674 e. The molecule has 1 aromatic heterocycles. The number of carbonyl (C=O) groups excluding carboxylic acids is 2. The number of hydrogen-bond acceptors (Lipinski definition) is 5. The molecule has 123 valence electrons. The Labute approximate surface area is 171 Å². The number of cyclic esters (lactones) is 1. The summed E-state index contributed by atoms with van der Waals surface area (Å²) in [5.41, 5.74) is 7.29. The molecule has 2 aromatic rings. The van der Waals surface area contributed by atoms with E-state index in [4.69, 9.17) is 10.5 Å². The van der Waals surface area contributed by atoms with Gasteiger partial charge in [-0.25, -0.2) is 14.3 Å². The van der Waals surface area contributed by atoms with E-state index in [1.807, 2.05) is 0 Å². The molecular weight excluding hydrogens is 534 g/mol. The van der Waals surface area contributed by atoms with Gasteiger partial charge in [0.15, 0.2) is 0 Å². The summed E-state index contributed by atoms with van der Waals surface area (Å²) in [5, 5.41) is 8.35. The Hall–Kier alpha value is -1.57. The van der Waals surface area contributed by atoms with Crippen LogP contribution in [0.25, 0.3) is 5.73 Å². The molecule has 11 heteroatoms. The van der Waals surface area contributed by atoms with E-state index in [1.54, 1.807) is 0 Å². The van der Waals surface area contributed by atoms with Crippen molar-refractivity contribution in [3.63, 3.8) is 0 Å². The van der Waals surface area contributed by atoms with Crippen molar-refractivity contribution in [2.45, 2.75) is 6.10 Å². The Bertz CT molecular complexity index is 741. The third-order valence-corrected chi connectivity index (χ3v) is 3.26. The molecule has 2 amide bonds. The third kappa shape index (κ3) is 3.91. The summed E-state index contributed by atoms with van der Waals surface area (Å²) in [7, 11) is 0. The van der Waals surface area contributed by atoms with Crippen LogP contribution in [0.4, 0.5) is 20.8 Å². The smallest absolute Gasteiger partial charge is 0.414 e. The van der Waals surface area contributed by atoms with E-state index in [1.165, 1.54) is 23.4 Å². The Morgan fingerprint density at radius 3 is 2.92 bits per heavy atom. The summed E-state index contributed by atoms with van der Waals surface area (Å²) in [5.74, 6) is -1.39. The second kappa shape index (κ2) is 8.00. The molecule has 24 heavy (non-hydrogen) atoms. The molecule has 1 aromatic carbocycles. The average molecular weight is 546 g/mol. The van der Waals surface area contributed by atoms with E-state index in [-0.39, 0.29) is 74.4 Å².